The van der Waals surface area contributed by atoms with Crippen molar-refractivity contribution in [2.24, 2.45) is 0 Å². The Hall–Kier alpha value is -2.28. The Bertz CT molecular complexity index is 659. The van der Waals surface area contributed by atoms with E-state index >= 15 is 0 Å². The Balaban J connectivity index is 1.68. The van der Waals surface area contributed by atoms with Crippen molar-refractivity contribution in [2.75, 3.05) is 20.2 Å². The molecule has 130 valence electrons. The second-order valence-corrected chi connectivity index (χ2v) is 5.96. The molecule has 0 unspecified atom stereocenters. The lowest BCUT2D eigenvalue weighted by Gasteiger charge is -2.20. The van der Waals surface area contributed by atoms with Crippen molar-refractivity contribution >= 4 is 17.6 Å². The number of amides is 2. The quantitative estimate of drug-likeness (QED) is 0.751. The van der Waals surface area contributed by atoms with Gasteiger partial charge < -0.3 is 15.0 Å². The summed E-state index contributed by atoms with van der Waals surface area (Å²) in [4.78, 5) is 17.9. The molecule has 1 atom stereocenters. The third-order valence-corrected chi connectivity index (χ3v) is 3.66. The van der Waals surface area contributed by atoms with Crippen LogP contribution in [0.1, 0.15) is 31.0 Å². The maximum absolute atomic E-state index is 12.1. The Morgan fingerprint density at radius 2 is 2.12 bits per heavy atom. The zero-order chi connectivity index (χ0) is 17.5. The van der Waals surface area contributed by atoms with Gasteiger partial charge in [-0.25, -0.2) is 9.78 Å². The number of aromatic nitrogens is 3. The summed E-state index contributed by atoms with van der Waals surface area (Å²) < 4.78 is 5.60. The first-order chi connectivity index (χ1) is 11.5. The molecule has 0 fully saturated rings. The lowest BCUT2D eigenvalue weighted by molar-refractivity contribution is 0.200. The molecular formula is C16H22ClN5O2. The minimum absolute atomic E-state index is 0.170. The lowest BCUT2D eigenvalue weighted by atomic mass is 10.3. The summed E-state index contributed by atoms with van der Waals surface area (Å²) in [6.45, 7) is 4.77. The van der Waals surface area contributed by atoms with E-state index in [4.69, 9.17) is 16.3 Å². The molecule has 2 amide bonds. The van der Waals surface area contributed by atoms with Crippen LogP contribution in [-0.2, 0) is 0 Å². The van der Waals surface area contributed by atoms with Crippen LogP contribution in [-0.4, -0.2) is 46.3 Å². The maximum atomic E-state index is 12.1. The van der Waals surface area contributed by atoms with Crippen molar-refractivity contribution in [1.29, 1.82) is 0 Å². The minimum atomic E-state index is -0.254. The van der Waals surface area contributed by atoms with E-state index in [1.807, 2.05) is 26.0 Å². The molecule has 0 bridgehead atoms. The van der Waals surface area contributed by atoms with Crippen LogP contribution in [0.4, 0.5) is 4.79 Å². The molecule has 0 aliphatic rings. The van der Waals surface area contributed by atoms with Crippen LogP contribution in [0.25, 0.3) is 0 Å². The molecule has 1 heterocycles. The molecule has 0 saturated carbocycles. The number of nitrogens with zero attached hydrogens (tertiary/aromatic N) is 3. The number of aromatic amines is 1. The molecule has 2 N–H and O–H groups in total. The smallest absolute Gasteiger partial charge is 0.317 e. The molecule has 0 spiro atoms. The van der Waals surface area contributed by atoms with E-state index < -0.39 is 0 Å². The van der Waals surface area contributed by atoms with E-state index in [0.717, 1.165) is 18.0 Å². The van der Waals surface area contributed by atoms with Crippen LogP contribution in [0, 0.1) is 6.92 Å². The fourth-order valence-electron chi connectivity index (χ4n) is 2.04. The number of nitrogens with one attached hydrogen (secondary N) is 2. The van der Waals surface area contributed by atoms with Crippen LogP contribution < -0.4 is 10.1 Å². The van der Waals surface area contributed by atoms with Gasteiger partial charge in [0, 0.05) is 18.6 Å². The zero-order valence-electron chi connectivity index (χ0n) is 14.0. The molecule has 2 aromatic rings. The van der Waals surface area contributed by atoms with E-state index in [1.165, 1.54) is 0 Å². The molecule has 24 heavy (non-hydrogen) atoms. The number of rotatable bonds is 7. The average Bonchev–Trinajstić information content (AvgIpc) is 2.99. The molecule has 0 radical (unpaired) electrons. The predicted octanol–water partition coefficient (Wildman–Crippen LogP) is 2.94. The van der Waals surface area contributed by atoms with Crippen molar-refractivity contribution in [1.82, 2.24) is 25.4 Å². The van der Waals surface area contributed by atoms with Gasteiger partial charge in [-0.2, -0.15) is 5.10 Å². The Morgan fingerprint density at radius 3 is 2.75 bits per heavy atom. The van der Waals surface area contributed by atoms with Gasteiger partial charge in [0.05, 0.1) is 12.6 Å². The highest BCUT2D eigenvalue weighted by molar-refractivity contribution is 6.30. The summed E-state index contributed by atoms with van der Waals surface area (Å²) in [7, 11) is 1.74. The van der Waals surface area contributed by atoms with Gasteiger partial charge >= 0.3 is 6.03 Å². The molecule has 2 rings (SSSR count). The van der Waals surface area contributed by atoms with Gasteiger partial charge in [0.1, 0.15) is 11.6 Å². The number of carbonyl (C=O) groups is 1. The van der Waals surface area contributed by atoms with Gasteiger partial charge in [-0.1, -0.05) is 11.6 Å². The standard InChI is InChI=1S/C16H22ClN5O2/c1-11(15-19-12(2)20-21-15)18-16(23)22(3)9-4-10-24-14-7-5-13(17)6-8-14/h5-8,11H,4,9-10H2,1-3H3,(H,18,23)(H,19,20,21)/t11-/m0/s1. The summed E-state index contributed by atoms with van der Waals surface area (Å²) in [5.41, 5.74) is 0. The van der Waals surface area contributed by atoms with E-state index in [1.54, 1.807) is 24.1 Å². The number of benzene rings is 1. The molecule has 7 nitrogen and oxygen atoms in total. The first-order valence-corrected chi connectivity index (χ1v) is 8.12. The zero-order valence-corrected chi connectivity index (χ0v) is 14.8. The first kappa shape index (κ1) is 18.1. The van der Waals surface area contributed by atoms with Gasteiger partial charge in [0.25, 0.3) is 0 Å². The van der Waals surface area contributed by atoms with Crippen LogP contribution in [0.3, 0.4) is 0 Å². The number of ether oxygens (including phenoxy) is 1. The van der Waals surface area contributed by atoms with Gasteiger partial charge in [0.2, 0.25) is 0 Å². The molecule has 0 aliphatic carbocycles. The van der Waals surface area contributed by atoms with Crippen LogP contribution in [0.5, 0.6) is 5.75 Å². The lowest BCUT2D eigenvalue weighted by Crippen LogP contribution is -2.39. The summed E-state index contributed by atoms with van der Waals surface area (Å²) in [6.07, 6.45) is 0.723. The summed E-state index contributed by atoms with van der Waals surface area (Å²) >= 11 is 5.82. The summed E-state index contributed by atoms with van der Waals surface area (Å²) in [6, 6.07) is 6.77. The van der Waals surface area contributed by atoms with Crippen molar-refractivity contribution in [3.05, 3.63) is 40.9 Å². The fourth-order valence-corrected chi connectivity index (χ4v) is 2.16. The number of halogens is 1. The van der Waals surface area contributed by atoms with Crippen LogP contribution in [0.2, 0.25) is 5.02 Å². The molecule has 8 heteroatoms. The Labute approximate surface area is 146 Å². The minimum Gasteiger partial charge on any atom is -0.494 e. The monoisotopic (exact) mass is 351 g/mol. The number of carbonyl (C=O) groups excluding carboxylic acids is 1. The van der Waals surface area contributed by atoms with E-state index in [-0.39, 0.29) is 12.1 Å². The Morgan fingerprint density at radius 1 is 1.42 bits per heavy atom. The van der Waals surface area contributed by atoms with E-state index in [9.17, 15) is 4.79 Å². The maximum Gasteiger partial charge on any atom is 0.317 e. The number of H-pyrrole nitrogens is 1. The molecule has 0 aliphatic heterocycles. The predicted molar refractivity (Wildman–Crippen MR) is 92.3 cm³/mol. The second-order valence-electron chi connectivity index (χ2n) is 5.53. The number of aryl methyl sites for hydroxylation is 1. The highest BCUT2D eigenvalue weighted by Gasteiger charge is 2.16. The second kappa shape index (κ2) is 8.54. The average molecular weight is 352 g/mol. The normalized spacial score (nSPS) is 11.8. The van der Waals surface area contributed by atoms with Crippen LogP contribution >= 0.6 is 11.6 Å². The fraction of sp³-hybridized carbons (Fsp3) is 0.438. The first-order valence-electron chi connectivity index (χ1n) is 7.74. The Kier molecular flexibility index (Phi) is 6.43. The van der Waals surface area contributed by atoms with Crippen molar-refractivity contribution in [3.8, 4) is 5.75 Å². The van der Waals surface area contributed by atoms with E-state index in [0.29, 0.717) is 24.0 Å². The molecule has 1 aromatic carbocycles. The van der Waals surface area contributed by atoms with Crippen LogP contribution in [0.15, 0.2) is 24.3 Å². The van der Waals surface area contributed by atoms with Crippen molar-refractivity contribution in [3.63, 3.8) is 0 Å². The third kappa shape index (κ3) is 5.42. The van der Waals surface area contributed by atoms with Gasteiger partial charge in [0.15, 0.2) is 5.82 Å². The van der Waals surface area contributed by atoms with E-state index in [2.05, 4.69) is 20.5 Å². The van der Waals surface area contributed by atoms with Crippen molar-refractivity contribution < 1.29 is 9.53 Å². The highest BCUT2D eigenvalue weighted by atomic mass is 35.5. The highest BCUT2D eigenvalue weighted by Crippen LogP contribution is 2.15. The van der Waals surface area contributed by atoms with Gasteiger partial charge in [-0.05, 0) is 44.5 Å². The van der Waals surface area contributed by atoms with Gasteiger partial charge in [-0.15, -0.1) is 0 Å². The number of hydrogen-bond acceptors (Lipinski definition) is 4. The molecule has 1 aromatic heterocycles. The van der Waals surface area contributed by atoms with Gasteiger partial charge in [-0.3, -0.25) is 5.10 Å². The summed E-state index contributed by atoms with van der Waals surface area (Å²) in [5, 5.41) is 10.3. The SMILES string of the molecule is Cc1nc([C@H](C)NC(=O)N(C)CCCOc2ccc(Cl)cc2)n[nH]1. The third-order valence-electron chi connectivity index (χ3n) is 3.41. The summed E-state index contributed by atoms with van der Waals surface area (Å²) in [5.74, 6) is 2.05. The molecular weight excluding hydrogens is 330 g/mol. The number of urea groups is 1. The number of hydrogen-bond donors (Lipinski definition) is 2. The largest absolute Gasteiger partial charge is 0.494 e. The topological polar surface area (TPSA) is 83.1 Å². The van der Waals surface area contributed by atoms with Crippen molar-refractivity contribution in [2.45, 2.75) is 26.3 Å². The molecule has 0 saturated heterocycles.